The molecule has 6 nitrogen and oxygen atoms in total. The Bertz CT molecular complexity index is 598. The van der Waals surface area contributed by atoms with Gasteiger partial charge in [0.05, 0.1) is 35.0 Å². The molecule has 0 saturated heterocycles. The van der Waals surface area contributed by atoms with Crippen LogP contribution in [0.1, 0.15) is 10.7 Å². The molecule has 1 heterocycles. The molecule has 0 unspecified atom stereocenters. The van der Waals surface area contributed by atoms with Gasteiger partial charge in [0.2, 0.25) is 0 Å². The number of hydrogen-bond acceptors (Lipinski definition) is 6. The van der Waals surface area contributed by atoms with E-state index in [4.69, 9.17) is 4.74 Å². The number of nitro groups is 1. The Balaban J connectivity index is 2.17. The average Bonchev–Trinajstić information content (AvgIpc) is 2.81. The van der Waals surface area contributed by atoms with Crippen molar-refractivity contribution in [1.82, 2.24) is 4.98 Å². The maximum Gasteiger partial charge on any atom is 0.271 e. The number of rotatable bonds is 5. The van der Waals surface area contributed by atoms with Crippen LogP contribution in [0.4, 0.5) is 11.4 Å². The molecule has 0 saturated carbocycles. The Morgan fingerprint density at radius 1 is 1.53 bits per heavy atom. The van der Waals surface area contributed by atoms with Crippen LogP contribution >= 0.6 is 11.3 Å². The second kappa shape index (κ2) is 5.66. The summed E-state index contributed by atoms with van der Waals surface area (Å²) >= 11 is 1.57. The molecule has 2 rings (SSSR count). The zero-order valence-corrected chi connectivity index (χ0v) is 11.4. The zero-order valence-electron chi connectivity index (χ0n) is 10.5. The van der Waals surface area contributed by atoms with E-state index >= 15 is 0 Å². The molecular weight excluding hydrogens is 266 g/mol. The van der Waals surface area contributed by atoms with Crippen molar-refractivity contribution in [3.63, 3.8) is 0 Å². The summed E-state index contributed by atoms with van der Waals surface area (Å²) in [4.78, 5) is 14.6. The predicted molar refractivity (Wildman–Crippen MR) is 73.8 cm³/mol. The van der Waals surface area contributed by atoms with Crippen LogP contribution in [-0.4, -0.2) is 17.0 Å². The number of hydrogen-bond donors (Lipinski definition) is 1. The third-order valence-corrected chi connectivity index (χ3v) is 3.34. The summed E-state index contributed by atoms with van der Waals surface area (Å²) in [6.45, 7) is 2.43. The predicted octanol–water partition coefficient (Wildman–Crippen LogP) is 2.98. The van der Waals surface area contributed by atoms with Crippen LogP contribution in [0.25, 0.3) is 0 Å². The molecule has 19 heavy (non-hydrogen) atoms. The molecule has 1 aromatic carbocycles. The molecule has 0 atom stereocenters. The number of benzene rings is 1. The zero-order chi connectivity index (χ0) is 13.8. The normalized spacial score (nSPS) is 10.2. The van der Waals surface area contributed by atoms with Crippen molar-refractivity contribution in [3.8, 4) is 5.75 Å². The number of thiazole rings is 1. The van der Waals surface area contributed by atoms with Crippen LogP contribution < -0.4 is 10.1 Å². The van der Waals surface area contributed by atoms with Crippen LogP contribution in [0.15, 0.2) is 23.6 Å². The minimum atomic E-state index is -0.433. The fourth-order valence-electron chi connectivity index (χ4n) is 1.62. The van der Waals surface area contributed by atoms with Gasteiger partial charge < -0.3 is 10.1 Å². The van der Waals surface area contributed by atoms with Gasteiger partial charge in [0.1, 0.15) is 5.75 Å². The van der Waals surface area contributed by atoms with E-state index in [1.165, 1.54) is 19.2 Å². The molecule has 0 bridgehead atoms. The minimum Gasteiger partial charge on any atom is -0.495 e. The van der Waals surface area contributed by atoms with E-state index in [0.717, 1.165) is 10.7 Å². The number of aryl methyl sites for hydroxylation is 1. The lowest BCUT2D eigenvalue weighted by Gasteiger charge is -2.09. The van der Waals surface area contributed by atoms with E-state index < -0.39 is 4.92 Å². The highest BCUT2D eigenvalue weighted by molar-refractivity contribution is 7.09. The van der Waals surface area contributed by atoms with Gasteiger partial charge >= 0.3 is 0 Å². The highest BCUT2D eigenvalue weighted by Crippen LogP contribution is 2.29. The van der Waals surface area contributed by atoms with E-state index in [1.54, 1.807) is 17.4 Å². The summed E-state index contributed by atoms with van der Waals surface area (Å²) in [6.07, 6.45) is 0. The van der Waals surface area contributed by atoms with E-state index in [9.17, 15) is 10.1 Å². The third-order valence-electron chi connectivity index (χ3n) is 2.52. The van der Waals surface area contributed by atoms with E-state index in [1.807, 2.05) is 12.3 Å². The van der Waals surface area contributed by atoms with Gasteiger partial charge in [-0.2, -0.15) is 0 Å². The Hall–Kier alpha value is -2.15. The Kier molecular flexibility index (Phi) is 3.96. The molecule has 1 N–H and O–H groups in total. The molecule has 0 aliphatic rings. The van der Waals surface area contributed by atoms with Crippen molar-refractivity contribution in [1.29, 1.82) is 0 Å². The lowest BCUT2D eigenvalue weighted by Crippen LogP contribution is -2.02. The van der Waals surface area contributed by atoms with Crippen molar-refractivity contribution < 1.29 is 9.66 Å². The fourth-order valence-corrected chi connectivity index (χ4v) is 2.24. The molecule has 0 radical (unpaired) electrons. The van der Waals surface area contributed by atoms with Gasteiger partial charge in [-0.1, -0.05) is 0 Å². The van der Waals surface area contributed by atoms with Gasteiger partial charge in [0.15, 0.2) is 0 Å². The van der Waals surface area contributed by atoms with Crippen LogP contribution in [0, 0.1) is 17.0 Å². The fraction of sp³-hybridized carbons (Fsp3) is 0.250. The Labute approximate surface area is 114 Å². The smallest absolute Gasteiger partial charge is 0.271 e. The van der Waals surface area contributed by atoms with E-state index in [2.05, 4.69) is 10.3 Å². The van der Waals surface area contributed by atoms with Crippen LogP contribution in [0.5, 0.6) is 5.75 Å². The maximum atomic E-state index is 10.8. The quantitative estimate of drug-likeness (QED) is 0.672. The van der Waals surface area contributed by atoms with Gasteiger partial charge in [-0.25, -0.2) is 4.98 Å². The molecular formula is C12H13N3O3S. The summed E-state index contributed by atoms with van der Waals surface area (Å²) in [5, 5.41) is 16.8. The summed E-state index contributed by atoms with van der Waals surface area (Å²) in [5.41, 5.74) is 1.51. The number of anilines is 1. The summed E-state index contributed by atoms with van der Waals surface area (Å²) < 4.78 is 5.17. The van der Waals surface area contributed by atoms with Crippen LogP contribution in [0.2, 0.25) is 0 Å². The molecule has 1 aromatic heterocycles. The van der Waals surface area contributed by atoms with E-state index in [-0.39, 0.29) is 5.69 Å². The molecule has 7 heteroatoms. The second-order valence-corrected chi connectivity index (χ2v) is 4.92. The highest BCUT2D eigenvalue weighted by Gasteiger charge is 2.11. The van der Waals surface area contributed by atoms with Crippen molar-refractivity contribution >= 4 is 22.7 Å². The lowest BCUT2D eigenvalue weighted by molar-refractivity contribution is -0.384. The molecule has 0 fully saturated rings. The number of methoxy groups -OCH3 is 1. The van der Waals surface area contributed by atoms with Crippen molar-refractivity contribution in [2.24, 2.45) is 0 Å². The molecule has 100 valence electrons. The summed E-state index contributed by atoms with van der Waals surface area (Å²) in [6, 6.07) is 4.45. The summed E-state index contributed by atoms with van der Waals surface area (Å²) in [7, 11) is 1.53. The van der Waals surface area contributed by atoms with Gasteiger partial charge in [-0.05, 0) is 13.0 Å². The van der Waals surface area contributed by atoms with Gasteiger partial charge in [-0.3, -0.25) is 10.1 Å². The number of nitrogens with one attached hydrogen (secondary N) is 1. The standard InChI is InChI=1S/C12H13N3O3S/c1-8-14-9(7-19-8)6-13-11-5-10(15(16)17)3-4-12(11)18-2/h3-5,7,13H,6H2,1-2H3. The van der Waals surface area contributed by atoms with Crippen LogP contribution in [0.3, 0.4) is 0 Å². The largest absolute Gasteiger partial charge is 0.495 e. The van der Waals surface area contributed by atoms with Crippen molar-refractivity contribution in [2.45, 2.75) is 13.5 Å². The number of ether oxygens (including phenoxy) is 1. The Morgan fingerprint density at radius 2 is 2.32 bits per heavy atom. The van der Waals surface area contributed by atoms with Gasteiger partial charge in [-0.15, -0.1) is 11.3 Å². The minimum absolute atomic E-state index is 0.0257. The maximum absolute atomic E-state index is 10.8. The lowest BCUT2D eigenvalue weighted by atomic mass is 10.2. The monoisotopic (exact) mass is 279 g/mol. The Morgan fingerprint density at radius 3 is 2.89 bits per heavy atom. The summed E-state index contributed by atoms with van der Waals surface area (Å²) in [5.74, 6) is 0.567. The third kappa shape index (κ3) is 3.19. The first kappa shape index (κ1) is 13.3. The van der Waals surface area contributed by atoms with Gasteiger partial charge in [0, 0.05) is 17.5 Å². The number of nitrogens with zero attached hydrogens (tertiary/aromatic N) is 2. The SMILES string of the molecule is COc1ccc([N+](=O)[O-])cc1NCc1csc(C)n1. The number of non-ortho nitro benzene ring substituents is 1. The number of aromatic nitrogens is 1. The highest BCUT2D eigenvalue weighted by atomic mass is 32.1. The first-order chi connectivity index (χ1) is 9.10. The second-order valence-electron chi connectivity index (χ2n) is 3.85. The molecule has 0 spiro atoms. The molecule has 0 aliphatic heterocycles. The molecule has 0 aliphatic carbocycles. The first-order valence-electron chi connectivity index (χ1n) is 5.57. The van der Waals surface area contributed by atoms with Gasteiger partial charge in [0.25, 0.3) is 5.69 Å². The number of nitro benzene ring substituents is 1. The van der Waals surface area contributed by atoms with Crippen LogP contribution in [-0.2, 0) is 6.54 Å². The molecule has 0 amide bonds. The topological polar surface area (TPSA) is 77.3 Å². The van der Waals surface area contributed by atoms with E-state index in [0.29, 0.717) is 18.0 Å². The average molecular weight is 279 g/mol. The van der Waals surface area contributed by atoms with Crippen molar-refractivity contribution in [3.05, 3.63) is 44.4 Å². The first-order valence-corrected chi connectivity index (χ1v) is 6.45. The molecule has 2 aromatic rings. The van der Waals surface area contributed by atoms with Crippen molar-refractivity contribution in [2.75, 3.05) is 12.4 Å².